The number of nitro groups is 1. The van der Waals surface area contributed by atoms with E-state index < -0.39 is 4.92 Å². The third kappa shape index (κ3) is 3.48. The lowest BCUT2D eigenvalue weighted by atomic mass is 10.2. The first-order valence-electron chi connectivity index (χ1n) is 5.91. The van der Waals surface area contributed by atoms with Crippen LogP contribution >= 0.6 is 15.9 Å². The van der Waals surface area contributed by atoms with Crippen molar-refractivity contribution in [2.75, 3.05) is 12.4 Å². The lowest BCUT2D eigenvalue weighted by Gasteiger charge is -2.09. The molecule has 0 aromatic heterocycles. The van der Waals surface area contributed by atoms with Crippen LogP contribution in [-0.4, -0.2) is 12.0 Å². The van der Waals surface area contributed by atoms with Gasteiger partial charge in [0.25, 0.3) is 5.69 Å². The first kappa shape index (κ1) is 14.3. The fraction of sp³-hybridized carbons (Fsp3) is 0.143. The monoisotopic (exact) mass is 336 g/mol. The second-order valence-corrected chi connectivity index (χ2v) is 4.97. The Morgan fingerprint density at radius 2 is 2.10 bits per heavy atom. The minimum Gasteiger partial charge on any atom is -0.497 e. The van der Waals surface area contributed by atoms with Gasteiger partial charge in [-0.05, 0) is 23.8 Å². The zero-order valence-electron chi connectivity index (χ0n) is 10.8. The van der Waals surface area contributed by atoms with Crippen LogP contribution in [0.1, 0.15) is 5.56 Å². The smallest absolute Gasteiger partial charge is 0.270 e. The number of hydrogen-bond donors (Lipinski definition) is 1. The minimum absolute atomic E-state index is 0.0713. The van der Waals surface area contributed by atoms with Gasteiger partial charge in [0.15, 0.2) is 0 Å². The van der Waals surface area contributed by atoms with Crippen molar-refractivity contribution in [3.05, 3.63) is 62.6 Å². The van der Waals surface area contributed by atoms with Crippen molar-refractivity contribution in [1.82, 2.24) is 0 Å². The Balaban J connectivity index is 2.08. The van der Waals surface area contributed by atoms with E-state index in [0.29, 0.717) is 11.0 Å². The van der Waals surface area contributed by atoms with E-state index in [1.807, 2.05) is 24.3 Å². The molecular formula is C14H13BrN2O3. The predicted octanol–water partition coefficient (Wildman–Crippen LogP) is 3.98. The summed E-state index contributed by atoms with van der Waals surface area (Å²) in [7, 11) is 1.62. The van der Waals surface area contributed by atoms with Crippen molar-refractivity contribution in [2.45, 2.75) is 6.54 Å². The van der Waals surface area contributed by atoms with Gasteiger partial charge in [0.05, 0.1) is 12.0 Å². The van der Waals surface area contributed by atoms with Gasteiger partial charge in [0, 0.05) is 34.9 Å². The Morgan fingerprint density at radius 1 is 1.30 bits per heavy atom. The number of anilines is 1. The van der Waals surface area contributed by atoms with Crippen LogP contribution in [-0.2, 0) is 6.54 Å². The number of rotatable bonds is 5. The van der Waals surface area contributed by atoms with Gasteiger partial charge in [-0.2, -0.15) is 0 Å². The van der Waals surface area contributed by atoms with Crippen LogP contribution in [0.15, 0.2) is 46.9 Å². The maximum absolute atomic E-state index is 10.7. The topological polar surface area (TPSA) is 64.4 Å². The van der Waals surface area contributed by atoms with Crippen LogP contribution < -0.4 is 10.1 Å². The van der Waals surface area contributed by atoms with Gasteiger partial charge in [-0.1, -0.05) is 22.0 Å². The van der Waals surface area contributed by atoms with Gasteiger partial charge in [-0.15, -0.1) is 0 Å². The lowest BCUT2D eigenvalue weighted by molar-refractivity contribution is -0.384. The van der Waals surface area contributed by atoms with Gasteiger partial charge in [0.1, 0.15) is 5.75 Å². The second-order valence-electron chi connectivity index (χ2n) is 4.12. The molecule has 0 aliphatic rings. The number of nitro benzene ring substituents is 1. The van der Waals surface area contributed by atoms with Crippen molar-refractivity contribution >= 4 is 27.3 Å². The molecule has 0 heterocycles. The Morgan fingerprint density at radius 3 is 2.75 bits per heavy atom. The van der Waals surface area contributed by atoms with Crippen molar-refractivity contribution in [3.8, 4) is 5.75 Å². The van der Waals surface area contributed by atoms with Crippen LogP contribution in [0.3, 0.4) is 0 Å². The third-order valence-corrected chi connectivity index (χ3v) is 3.54. The Labute approximate surface area is 124 Å². The third-order valence-electron chi connectivity index (χ3n) is 2.80. The molecule has 2 aromatic rings. The molecule has 20 heavy (non-hydrogen) atoms. The fourth-order valence-corrected chi connectivity index (χ4v) is 2.23. The largest absolute Gasteiger partial charge is 0.497 e. The molecule has 2 aromatic carbocycles. The van der Waals surface area contributed by atoms with E-state index in [0.717, 1.165) is 17.0 Å². The molecule has 0 radical (unpaired) electrons. The molecule has 0 saturated heterocycles. The lowest BCUT2D eigenvalue weighted by Crippen LogP contribution is -2.01. The number of non-ortho nitro benzene ring substituents is 1. The fourth-order valence-electron chi connectivity index (χ4n) is 1.72. The summed E-state index contributed by atoms with van der Waals surface area (Å²) < 4.78 is 5.86. The maximum atomic E-state index is 10.7. The molecule has 0 bridgehead atoms. The summed E-state index contributed by atoms with van der Waals surface area (Å²) in [6.45, 7) is 0.561. The molecule has 5 nitrogen and oxygen atoms in total. The predicted molar refractivity (Wildman–Crippen MR) is 81.1 cm³/mol. The number of hydrogen-bond acceptors (Lipinski definition) is 4. The van der Waals surface area contributed by atoms with Crippen LogP contribution in [0.2, 0.25) is 0 Å². The van der Waals surface area contributed by atoms with Crippen molar-refractivity contribution in [3.63, 3.8) is 0 Å². The normalized spacial score (nSPS) is 10.1. The summed E-state index contributed by atoms with van der Waals surface area (Å²) in [6, 6.07) is 12.3. The van der Waals surface area contributed by atoms with E-state index >= 15 is 0 Å². The second kappa shape index (κ2) is 6.38. The quantitative estimate of drug-likeness (QED) is 0.662. The van der Waals surface area contributed by atoms with Crippen molar-refractivity contribution in [1.29, 1.82) is 0 Å². The highest BCUT2D eigenvalue weighted by Crippen LogP contribution is 2.24. The van der Waals surface area contributed by atoms with Gasteiger partial charge >= 0.3 is 0 Å². The molecular weight excluding hydrogens is 324 g/mol. The summed E-state index contributed by atoms with van der Waals surface area (Å²) in [5, 5.41) is 13.9. The molecule has 0 unspecified atom stereocenters. The first-order chi connectivity index (χ1) is 9.60. The summed E-state index contributed by atoms with van der Waals surface area (Å²) in [5.74, 6) is 0.776. The van der Waals surface area contributed by atoms with Crippen molar-refractivity contribution in [2.24, 2.45) is 0 Å². The van der Waals surface area contributed by atoms with Crippen LogP contribution in [0.25, 0.3) is 0 Å². The zero-order chi connectivity index (χ0) is 14.5. The highest BCUT2D eigenvalue weighted by Gasteiger charge is 2.08. The Hall–Kier alpha value is -2.08. The van der Waals surface area contributed by atoms with E-state index in [1.54, 1.807) is 13.2 Å². The number of nitrogens with one attached hydrogen (secondary N) is 1. The van der Waals surface area contributed by atoms with Crippen molar-refractivity contribution < 1.29 is 9.66 Å². The average molecular weight is 337 g/mol. The van der Waals surface area contributed by atoms with Gasteiger partial charge in [-0.3, -0.25) is 10.1 Å². The van der Waals surface area contributed by atoms with E-state index in [9.17, 15) is 10.1 Å². The number of halogens is 1. The molecule has 1 N–H and O–H groups in total. The Bertz CT molecular complexity index is 632. The van der Waals surface area contributed by atoms with Gasteiger partial charge in [-0.25, -0.2) is 0 Å². The van der Waals surface area contributed by atoms with Crippen LogP contribution in [0.5, 0.6) is 5.75 Å². The van der Waals surface area contributed by atoms with E-state index in [2.05, 4.69) is 21.2 Å². The Kier molecular flexibility index (Phi) is 4.57. The van der Waals surface area contributed by atoms with Crippen LogP contribution in [0, 0.1) is 10.1 Å². The molecule has 6 heteroatoms. The molecule has 104 valence electrons. The average Bonchev–Trinajstić information content (AvgIpc) is 2.46. The molecule has 0 spiro atoms. The standard InChI is InChI=1S/C14H13BrN2O3/c1-20-13-4-2-3-11(7-13)16-9-10-5-6-12(17(18)19)8-14(10)15/h2-8,16H,9H2,1H3. The maximum Gasteiger partial charge on any atom is 0.270 e. The summed E-state index contributed by atoms with van der Waals surface area (Å²) in [4.78, 5) is 10.3. The molecule has 0 atom stereocenters. The molecule has 2 rings (SSSR count). The van der Waals surface area contributed by atoms with Crippen LogP contribution in [0.4, 0.5) is 11.4 Å². The number of benzene rings is 2. The molecule has 0 aliphatic heterocycles. The van der Waals surface area contributed by atoms with Gasteiger partial charge in [0.2, 0.25) is 0 Å². The van der Waals surface area contributed by atoms with Gasteiger partial charge < -0.3 is 10.1 Å². The highest BCUT2D eigenvalue weighted by atomic mass is 79.9. The molecule has 0 fully saturated rings. The van der Waals surface area contributed by atoms with E-state index in [-0.39, 0.29) is 5.69 Å². The SMILES string of the molecule is COc1cccc(NCc2ccc([N+](=O)[O-])cc2Br)c1. The highest BCUT2D eigenvalue weighted by molar-refractivity contribution is 9.10. The number of methoxy groups -OCH3 is 1. The summed E-state index contributed by atoms with van der Waals surface area (Å²) in [6.07, 6.45) is 0. The van der Waals surface area contributed by atoms with E-state index in [4.69, 9.17) is 4.74 Å². The van der Waals surface area contributed by atoms with E-state index in [1.165, 1.54) is 12.1 Å². The zero-order valence-corrected chi connectivity index (χ0v) is 12.4. The first-order valence-corrected chi connectivity index (χ1v) is 6.70. The number of ether oxygens (including phenoxy) is 1. The summed E-state index contributed by atoms with van der Waals surface area (Å²) >= 11 is 3.35. The molecule has 0 aliphatic carbocycles. The molecule has 0 saturated carbocycles. The summed E-state index contributed by atoms with van der Waals surface area (Å²) in [5.41, 5.74) is 1.94. The molecule has 0 amide bonds. The number of nitrogens with zero attached hydrogens (tertiary/aromatic N) is 1. The minimum atomic E-state index is -0.413.